The van der Waals surface area contributed by atoms with E-state index < -0.39 is 0 Å². The van der Waals surface area contributed by atoms with Crippen molar-refractivity contribution in [3.8, 4) is 0 Å². The molecule has 1 atom stereocenters. The first-order chi connectivity index (χ1) is 4.79. The van der Waals surface area contributed by atoms with Gasteiger partial charge in [-0.15, -0.1) is 0 Å². The smallest absolute Gasteiger partial charge is 0.0876 e. The van der Waals surface area contributed by atoms with Gasteiger partial charge in [0.2, 0.25) is 0 Å². The molecule has 0 aromatic carbocycles. The van der Waals surface area contributed by atoms with E-state index in [0.29, 0.717) is 0 Å². The molecule has 0 radical (unpaired) electrons. The highest BCUT2D eigenvalue weighted by atomic mass is 16.5. The summed E-state index contributed by atoms with van der Waals surface area (Å²) < 4.78 is 5.17. The van der Waals surface area contributed by atoms with E-state index >= 15 is 0 Å². The van der Waals surface area contributed by atoms with Crippen LogP contribution < -0.4 is 5.73 Å². The molecule has 0 aromatic heterocycles. The van der Waals surface area contributed by atoms with E-state index in [1.54, 1.807) is 0 Å². The predicted molar refractivity (Wildman–Crippen MR) is 41.5 cm³/mol. The van der Waals surface area contributed by atoms with Crippen LogP contribution in [-0.2, 0) is 4.74 Å². The minimum atomic E-state index is 0.271. The summed E-state index contributed by atoms with van der Waals surface area (Å²) in [6.07, 6.45) is 5.17. The molecule has 1 aliphatic rings. The lowest BCUT2D eigenvalue weighted by molar-refractivity contribution is 0.222. The van der Waals surface area contributed by atoms with Crippen molar-refractivity contribution in [3.05, 3.63) is 11.8 Å². The van der Waals surface area contributed by atoms with E-state index in [-0.39, 0.29) is 6.04 Å². The van der Waals surface area contributed by atoms with E-state index in [0.717, 1.165) is 19.4 Å². The fourth-order valence-corrected chi connectivity index (χ4v) is 1.18. The third kappa shape index (κ3) is 2.40. The predicted octanol–water partition coefficient (Wildman–Crippen LogP) is 1.42. The molecule has 0 saturated heterocycles. The molecule has 0 bridgehead atoms. The van der Waals surface area contributed by atoms with Crippen molar-refractivity contribution in [1.29, 1.82) is 0 Å². The molecule has 1 heterocycles. The second-order valence-corrected chi connectivity index (χ2v) is 2.93. The fourth-order valence-electron chi connectivity index (χ4n) is 1.18. The third-order valence-corrected chi connectivity index (χ3v) is 1.59. The number of ether oxygens (including phenoxy) is 1. The zero-order chi connectivity index (χ0) is 7.40. The zero-order valence-electron chi connectivity index (χ0n) is 6.47. The van der Waals surface area contributed by atoms with Gasteiger partial charge in [-0.05, 0) is 31.8 Å². The second-order valence-electron chi connectivity index (χ2n) is 2.93. The van der Waals surface area contributed by atoms with Crippen LogP contribution in [0.2, 0.25) is 0 Å². The Labute approximate surface area is 62.1 Å². The molecule has 0 fully saturated rings. The van der Waals surface area contributed by atoms with Gasteiger partial charge in [0.05, 0.1) is 12.9 Å². The summed E-state index contributed by atoms with van der Waals surface area (Å²) in [6, 6.07) is 0.271. The Kier molecular flexibility index (Phi) is 2.75. The molecule has 2 N–H and O–H groups in total. The summed E-state index contributed by atoms with van der Waals surface area (Å²) in [4.78, 5) is 0. The highest BCUT2D eigenvalue weighted by Gasteiger charge is 2.05. The fraction of sp³-hybridized carbons (Fsp3) is 0.750. The first-order valence-electron chi connectivity index (χ1n) is 3.84. The van der Waals surface area contributed by atoms with E-state index in [4.69, 9.17) is 10.5 Å². The highest BCUT2D eigenvalue weighted by molar-refractivity contribution is 5.01. The maximum atomic E-state index is 5.63. The Morgan fingerprint density at radius 2 is 2.60 bits per heavy atom. The van der Waals surface area contributed by atoms with Gasteiger partial charge in [-0.1, -0.05) is 0 Å². The van der Waals surface area contributed by atoms with Crippen molar-refractivity contribution < 1.29 is 4.74 Å². The average molecular weight is 141 g/mol. The molecule has 2 heteroatoms. The van der Waals surface area contributed by atoms with E-state index in [2.05, 4.69) is 0 Å². The van der Waals surface area contributed by atoms with Crippen LogP contribution in [0.1, 0.15) is 26.2 Å². The summed E-state index contributed by atoms with van der Waals surface area (Å²) in [5.74, 6) is 0. The van der Waals surface area contributed by atoms with Crippen molar-refractivity contribution in [2.24, 2.45) is 5.73 Å². The molecule has 58 valence electrons. The molecule has 1 rings (SSSR count). The normalized spacial score (nSPS) is 21.2. The topological polar surface area (TPSA) is 35.2 Å². The second kappa shape index (κ2) is 3.62. The van der Waals surface area contributed by atoms with Crippen LogP contribution in [0.15, 0.2) is 11.8 Å². The molecule has 0 aliphatic carbocycles. The molecular formula is C8H15NO. The molecule has 10 heavy (non-hydrogen) atoms. The van der Waals surface area contributed by atoms with Gasteiger partial charge in [0.15, 0.2) is 0 Å². The highest BCUT2D eigenvalue weighted by Crippen LogP contribution is 2.15. The lowest BCUT2D eigenvalue weighted by Gasteiger charge is -2.14. The van der Waals surface area contributed by atoms with Crippen LogP contribution in [0.3, 0.4) is 0 Å². The monoisotopic (exact) mass is 141 g/mol. The Morgan fingerprint density at radius 3 is 3.10 bits per heavy atom. The van der Waals surface area contributed by atoms with Gasteiger partial charge in [0.25, 0.3) is 0 Å². The maximum absolute atomic E-state index is 5.63. The lowest BCUT2D eigenvalue weighted by Crippen LogP contribution is -2.16. The molecule has 1 aliphatic heterocycles. The molecule has 2 nitrogen and oxygen atoms in total. The van der Waals surface area contributed by atoms with Crippen molar-refractivity contribution >= 4 is 0 Å². The van der Waals surface area contributed by atoms with E-state index in [9.17, 15) is 0 Å². The van der Waals surface area contributed by atoms with Crippen molar-refractivity contribution in [2.45, 2.75) is 32.2 Å². The lowest BCUT2D eigenvalue weighted by atomic mass is 10.0. The SMILES string of the molecule is C[C@@H](N)CC1=COCCC1. The largest absolute Gasteiger partial charge is 0.501 e. The van der Waals surface area contributed by atoms with Crippen LogP contribution in [0, 0.1) is 0 Å². The standard InChI is InChI=1S/C8H15NO/c1-7(9)5-8-3-2-4-10-6-8/h6-7H,2-5,9H2,1H3/t7-/m1/s1. The summed E-state index contributed by atoms with van der Waals surface area (Å²) in [7, 11) is 0. The van der Waals surface area contributed by atoms with Gasteiger partial charge < -0.3 is 10.5 Å². The van der Waals surface area contributed by atoms with Crippen molar-refractivity contribution in [3.63, 3.8) is 0 Å². The van der Waals surface area contributed by atoms with Gasteiger partial charge in [-0.3, -0.25) is 0 Å². The Bertz CT molecular complexity index is 129. The van der Waals surface area contributed by atoms with Gasteiger partial charge in [-0.2, -0.15) is 0 Å². The Morgan fingerprint density at radius 1 is 1.80 bits per heavy atom. The Hall–Kier alpha value is -0.500. The average Bonchev–Trinajstić information content (AvgIpc) is 1.88. The van der Waals surface area contributed by atoms with E-state index in [1.807, 2.05) is 13.2 Å². The van der Waals surface area contributed by atoms with Crippen LogP contribution in [-0.4, -0.2) is 12.6 Å². The van der Waals surface area contributed by atoms with Crippen LogP contribution >= 0.6 is 0 Å². The summed E-state index contributed by atoms with van der Waals surface area (Å²) in [6.45, 7) is 2.90. The molecule has 0 spiro atoms. The zero-order valence-corrected chi connectivity index (χ0v) is 6.47. The minimum Gasteiger partial charge on any atom is -0.501 e. The molecule has 0 amide bonds. The maximum Gasteiger partial charge on any atom is 0.0876 e. The molecular weight excluding hydrogens is 126 g/mol. The van der Waals surface area contributed by atoms with E-state index in [1.165, 1.54) is 12.0 Å². The molecule has 0 saturated carbocycles. The summed E-state index contributed by atoms with van der Waals surface area (Å²) in [5, 5.41) is 0. The first-order valence-corrected chi connectivity index (χ1v) is 3.84. The number of rotatable bonds is 2. The van der Waals surface area contributed by atoms with Gasteiger partial charge >= 0.3 is 0 Å². The number of nitrogens with two attached hydrogens (primary N) is 1. The number of hydrogen-bond donors (Lipinski definition) is 1. The first kappa shape index (κ1) is 7.61. The quantitative estimate of drug-likeness (QED) is 0.631. The van der Waals surface area contributed by atoms with Crippen LogP contribution in [0.5, 0.6) is 0 Å². The van der Waals surface area contributed by atoms with Gasteiger partial charge in [-0.25, -0.2) is 0 Å². The van der Waals surface area contributed by atoms with Gasteiger partial charge in [0.1, 0.15) is 0 Å². The van der Waals surface area contributed by atoms with Gasteiger partial charge in [0, 0.05) is 6.04 Å². The van der Waals surface area contributed by atoms with Crippen molar-refractivity contribution in [2.75, 3.05) is 6.61 Å². The van der Waals surface area contributed by atoms with Crippen LogP contribution in [0.25, 0.3) is 0 Å². The van der Waals surface area contributed by atoms with Crippen molar-refractivity contribution in [1.82, 2.24) is 0 Å². The van der Waals surface area contributed by atoms with Crippen LogP contribution in [0.4, 0.5) is 0 Å². The summed E-state index contributed by atoms with van der Waals surface area (Å²) in [5.41, 5.74) is 6.99. The molecule has 0 unspecified atom stereocenters. The third-order valence-electron chi connectivity index (χ3n) is 1.59. The minimum absolute atomic E-state index is 0.271. The number of hydrogen-bond acceptors (Lipinski definition) is 2. The molecule has 0 aromatic rings. The summed E-state index contributed by atoms with van der Waals surface area (Å²) >= 11 is 0. The Balaban J connectivity index is 2.31.